The highest BCUT2D eigenvalue weighted by molar-refractivity contribution is 6.34. The Balaban J connectivity index is 1.89. The van der Waals surface area contributed by atoms with Crippen LogP contribution in [0.15, 0.2) is 30.0 Å². The molecule has 8 nitrogen and oxygen atoms in total. The average molecular weight is 420 g/mol. The van der Waals surface area contributed by atoms with Gasteiger partial charge in [0.25, 0.3) is 5.91 Å². The zero-order chi connectivity index (χ0) is 21.6. The predicted octanol–water partition coefficient (Wildman–Crippen LogP) is 3.26. The largest absolute Gasteiger partial charge is 0.444 e. The number of hydrogen-bond donors (Lipinski definition) is 3. The number of rotatable bonds is 4. The van der Waals surface area contributed by atoms with Crippen molar-refractivity contribution >= 4 is 35.0 Å². The van der Waals surface area contributed by atoms with E-state index in [0.29, 0.717) is 37.3 Å². The fourth-order valence-electron chi connectivity index (χ4n) is 2.73. The third-order valence-corrected chi connectivity index (χ3v) is 4.53. The molecule has 0 unspecified atom stereocenters. The third-order valence-electron chi connectivity index (χ3n) is 4.22. The maximum Gasteiger partial charge on any atom is 0.410 e. The number of nitrogens with one attached hydrogen (secondary N) is 2. The first-order valence-corrected chi connectivity index (χ1v) is 9.67. The van der Waals surface area contributed by atoms with Crippen molar-refractivity contribution in [2.75, 3.05) is 24.1 Å². The van der Waals surface area contributed by atoms with Gasteiger partial charge in [-0.1, -0.05) is 11.6 Å². The van der Waals surface area contributed by atoms with Gasteiger partial charge in [0.1, 0.15) is 17.2 Å². The predicted molar refractivity (Wildman–Crippen MR) is 112 cm³/mol. The quantitative estimate of drug-likeness (QED) is 0.391. The fourth-order valence-corrected chi connectivity index (χ4v) is 2.96. The van der Waals surface area contributed by atoms with Crippen molar-refractivity contribution in [1.29, 1.82) is 5.26 Å². The Morgan fingerprint density at radius 2 is 2.00 bits per heavy atom. The monoisotopic (exact) mass is 419 g/mol. The highest BCUT2D eigenvalue weighted by Gasteiger charge is 2.26. The van der Waals surface area contributed by atoms with Crippen molar-refractivity contribution < 1.29 is 14.3 Å². The van der Waals surface area contributed by atoms with Crippen LogP contribution in [0.5, 0.6) is 0 Å². The van der Waals surface area contributed by atoms with Crippen molar-refractivity contribution in [3.05, 3.63) is 35.0 Å². The Morgan fingerprint density at radius 3 is 2.55 bits per heavy atom. The number of nitriles is 1. The number of amides is 2. The number of nitrogen functional groups attached to an aromatic ring is 1. The van der Waals surface area contributed by atoms with Crippen molar-refractivity contribution in [2.24, 2.45) is 0 Å². The summed E-state index contributed by atoms with van der Waals surface area (Å²) in [5.74, 6) is -0.571. The number of carbonyl (C=O) groups is 2. The van der Waals surface area contributed by atoms with Gasteiger partial charge >= 0.3 is 6.09 Å². The van der Waals surface area contributed by atoms with E-state index in [1.54, 1.807) is 17.0 Å². The fraction of sp³-hybridized carbons (Fsp3) is 0.450. The Bertz CT molecular complexity index is 833. The topological polar surface area (TPSA) is 120 Å². The van der Waals surface area contributed by atoms with Gasteiger partial charge in [0.15, 0.2) is 0 Å². The van der Waals surface area contributed by atoms with Crippen LogP contribution in [-0.4, -0.2) is 41.6 Å². The number of likely N-dealkylation sites (tertiary alicyclic amines) is 1. The standard InChI is InChI=1S/C20H26ClN5O3/c1-20(2,3)29-19(28)26-8-6-15(7-9-26)24-12-13(11-22)18(27)25-17-5-4-14(23)10-16(17)21/h4-5,10,12,15,24H,6-9,23H2,1-3H3,(H,25,27)/b13-12-. The maximum absolute atomic E-state index is 12.3. The molecule has 156 valence electrons. The van der Waals surface area contributed by atoms with E-state index in [9.17, 15) is 14.9 Å². The van der Waals surface area contributed by atoms with Crippen LogP contribution in [0.3, 0.4) is 0 Å². The maximum atomic E-state index is 12.3. The molecule has 0 aliphatic carbocycles. The Labute approximate surface area is 175 Å². The second kappa shape index (κ2) is 9.52. The van der Waals surface area contributed by atoms with Crippen LogP contribution < -0.4 is 16.4 Å². The van der Waals surface area contributed by atoms with E-state index in [2.05, 4.69) is 10.6 Å². The molecule has 4 N–H and O–H groups in total. The van der Waals surface area contributed by atoms with Crippen LogP contribution in [0.2, 0.25) is 5.02 Å². The lowest BCUT2D eigenvalue weighted by Crippen LogP contribution is -2.45. The van der Waals surface area contributed by atoms with Crippen LogP contribution in [0.25, 0.3) is 0 Å². The molecule has 1 saturated heterocycles. The molecule has 29 heavy (non-hydrogen) atoms. The number of nitrogens with zero attached hydrogens (tertiary/aromatic N) is 2. The second-order valence-corrected chi connectivity index (χ2v) is 8.18. The summed E-state index contributed by atoms with van der Waals surface area (Å²) in [6.45, 7) is 6.56. The highest BCUT2D eigenvalue weighted by Crippen LogP contribution is 2.24. The minimum atomic E-state index is -0.571. The van der Waals surface area contributed by atoms with Gasteiger partial charge in [-0.15, -0.1) is 0 Å². The Hall–Kier alpha value is -2.92. The number of piperidine rings is 1. The molecule has 1 heterocycles. The molecule has 0 saturated carbocycles. The lowest BCUT2D eigenvalue weighted by molar-refractivity contribution is -0.112. The SMILES string of the molecule is CC(C)(C)OC(=O)N1CCC(N/C=C(/C#N)C(=O)Nc2ccc(N)cc2Cl)CC1. The Kier molecular flexibility index (Phi) is 7.35. The first-order chi connectivity index (χ1) is 13.6. The van der Waals surface area contributed by atoms with Crippen molar-refractivity contribution in [3.8, 4) is 6.07 Å². The van der Waals surface area contributed by atoms with Gasteiger partial charge in [0.2, 0.25) is 0 Å². The molecular weight excluding hydrogens is 394 g/mol. The third kappa shape index (κ3) is 6.88. The highest BCUT2D eigenvalue weighted by atomic mass is 35.5. The molecule has 1 fully saturated rings. The number of anilines is 2. The second-order valence-electron chi connectivity index (χ2n) is 7.77. The zero-order valence-electron chi connectivity index (χ0n) is 16.8. The normalized spacial score (nSPS) is 15.4. The van der Waals surface area contributed by atoms with Crippen molar-refractivity contribution in [3.63, 3.8) is 0 Å². The van der Waals surface area contributed by atoms with Gasteiger partial charge in [0, 0.05) is 31.0 Å². The molecule has 1 aromatic rings. The molecule has 0 radical (unpaired) electrons. The number of carbonyl (C=O) groups excluding carboxylic acids is 2. The summed E-state index contributed by atoms with van der Waals surface area (Å²) in [5, 5.41) is 15.3. The van der Waals surface area contributed by atoms with Crippen LogP contribution in [0.4, 0.5) is 16.2 Å². The molecule has 1 aliphatic heterocycles. The molecule has 9 heteroatoms. The number of nitrogens with two attached hydrogens (primary N) is 1. The van der Waals surface area contributed by atoms with E-state index in [-0.39, 0.29) is 22.7 Å². The first-order valence-electron chi connectivity index (χ1n) is 9.29. The summed E-state index contributed by atoms with van der Waals surface area (Å²) in [5.41, 5.74) is 5.87. The number of hydrogen-bond acceptors (Lipinski definition) is 6. The summed E-state index contributed by atoms with van der Waals surface area (Å²) < 4.78 is 5.37. The molecule has 0 bridgehead atoms. The van der Waals surface area contributed by atoms with E-state index in [0.717, 1.165) is 0 Å². The van der Waals surface area contributed by atoms with E-state index in [1.807, 2.05) is 26.8 Å². The molecule has 1 aromatic carbocycles. The minimum absolute atomic E-state index is 0.0462. The van der Waals surface area contributed by atoms with E-state index in [4.69, 9.17) is 22.1 Å². The van der Waals surface area contributed by atoms with Gasteiger partial charge in [-0.2, -0.15) is 5.26 Å². The lowest BCUT2D eigenvalue weighted by Gasteiger charge is -2.33. The molecule has 1 aliphatic rings. The number of halogens is 1. The van der Waals surface area contributed by atoms with E-state index < -0.39 is 11.5 Å². The van der Waals surface area contributed by atoms with Crippen molar-refractivity contribution in [2.45, 2.75) is 45.3 Å². The van der Waals surface area contributed by atoms with E-state index >= 15 is 0 Å². The molecule has 0 aromatic heterocycles. The zero-order valence-corrected chi connectivity index (χ0v) is 17.5. The van der Waals surface area contributed by atoms with Crippen LogP contribution >= 0.6 is 11.6 Å². The summed E-state index contributed by atoms with van der Waals surface area (Å²) in [4.78, 5) is 26.1. The molecule has 0 spiro atoms. The first kappa shape index (κ1) is 22.4. The minimum Gasteiger partial charge on any atom is -0.444 e. The number of benzene rings is 1. The van der Waals surface area contributed by atoms with Crippen LogP contribution in [0, 0.1) is 11.3 Å². The van der Waals surface area contributed by atoms with Gasteiger partial charge in [0.05, 0.1) is 10.7 Å². The summed E-state index contributed by atoms with van der Waals surface area (Å²) >= 11 is 6.04. The summed E-state index contributed by atoms with van der Waals surface area (Å²) in [7, 11) is 0. The van der Waals surface area contributed by atoms with Gasteiger partial charge in [-0.3, -0.25) is 4.79 Å². The van der Waals surface area contributed by atoms with Gasteiger partial charge in [-0.25, -0.2) is 4.79 Å². The van der Waals surface area contributed by atoms with E-state index in [1.165, 1.54) is 12.3 Å². The van der Waals surface area contributed by atoms with Gasteiger partial charge < -0.3 is 26.0 Å². The van der Waals surface area contributed by atoms with Crippen LogP contribution in [-0.2, 0) is 9.53 Å². The summed E-state index contributed by atoms with van der Waals surface area (Å²) in [6, 6.07) is 6.62. The van der Waals surface area contributed by atoms with Crippen molar-refractivity contribution in [1.82, 2.24) is 10.2 Å². The Morgan fingerprint density at radius 1 is 1.34 bits per heavy atom. The number of ether oxygens (including phenoxy) is 1. The van der Waals surface area contributed by atoms with Crippen LogP contribution in [0.1, 0.15) is 33.6 Å². The average Bonchev–Trinajstić information content (AvgIpc) is 2.63. The molecule has 2 amide bonds. The molecule has 0 atom stereocenters. The molecule has 2 rings (SSSR count). The smallest absolute Gasteiger partial charge is 0.410 e. The molecular formula is C20H26ClN5O3. The summed E-state index contributed by atoms with van der Waals surface area (Å²) in [6.07, 6.45) is 2.43. The van der Waals surface area contributed by atoms with Gasteiger partial charge in [-0.05, 0) is 51.8 Å². The lowest BCUT2D eigenvalue weighted by atomic mass is 10.1.